The van der Waals surface area contributed by atoms with Crippen LogP contribution in [0, 0.1) is 5.92 Å². The highest BCUT2D eigenvalue weighted by molar-refractivity contribution is 7.99. The zero-order chi connectivity index (χ0) is 16.0. The first-order valence-electron chi connectivity index (χ1n) is 6.94. The molecule has 1 aliphatic rings. The Hall–Kier alpha value is -1.12. The average molecular weight is 316 g/mol. The van der Waals surface area contributed by atoms with Crippen molar-refractivity contribution in [3.63, 3.8) is 0 Å². The molecule has 0 saturated carbocycles. The first-order valence-corrected chi connectivity index (χ1v) is 8.10. The summed E-state index contributed by atoms with van der Waals surface area (Å²) < 4.78 is 0. The Morgan fingerprint density at radius 2 is 2.10 bits per heavy atom. The average Bonchev–Trinajstić information content (AvgIpc) is 2.88. The number of nitrogens with one attached hydrogen (secondary N) is 3. The minimum Gasteiger partial charge on any atom is -0.345 e. The third-order valence-electron chi connectivity index (χ3n) is 3.06. The van der Waals surface area contributed by atoms with Gasteiger partial charge in [-0.15, -0.1) is 11.8 Å². The summed E-state index contributed by atoms with van der Waals surface area (Å²) in [5.41, 5.74) is 4.90. The highest BCUT2D eigenvalue weighted by Crippen LogP contribution is 2.13. The molecule has 0 radical (unpaired) electrons. The summed E-state index contributed by atoms with van der Waals surface area (Å²) in [6, 6.07) is -0.352. The summed E-state index contributed by atoms with van der Waals surface area (Å²) in [5, 5.41) is 7.69. The molecule has 1 heterocycles. The number of nitrogens with two attached hydrogens (primary N) is 1. The number of carbonyl (C=O) groups excluding carboxylic acids is 3. The van der Waals surface area contributed by atoms with Crippen LogP contribution < -0.4 is 21.7 Å². The lowest BCUT2D eigenvalue weighted by atomic mass is 9.91. The zero-order valence-corrected chi connectivity index (χ0v) is 13.5. The van der Waals surface area contributed by atoms with E-state index in [1.807, 2.05) is 13.8 Å². The van der Waals surface area contributed by atoms with Gasteiger partial charge in [0.15, 0.2) is 0 Å². The van der Waals surface area contributed by atoms with E-state index < -0.39 is 17.4 Å². The molecule has 120 valence electrons. The molecule has 0 spiro atoms. The van der Waals surface area contributed by atoms with E-state index >= 15 is 0 Å². The van der Waals surface area contributed by atoms with Gasteiger partial charge in [-0.25, -0.2) is 0 Å². The monoisotopic (exact) mass is 316 g/mol. The molecule has 1 fully saturated rings. The van der Waals surface area contributed by atoms with Gasteiger partial charge in [0, 0.05) is 11.6 Å². The van der Waals surface area contributed by atoms with Crippen LogP contribution in [0.3, 0.4) is 0 Å². The van der Waals surface area contributed by atoms with Gasteiger partial charge >= 0.3 is 0 Å². The van der Waals surface area contributed by atoms with Crippen LogP contribution in [0.1, 0.15) is 27.2 Å². The number of rotatable bonds is 6. The second kappa shape index (κ2) is 7.77. The predicted molar refractivity (Wildman–Crippen MR) is 82.5 cm³/mol. The molecule has 0 aromatic rings. The molecular weight excluding hydrogens is 292 g/mol. The van der Waals surface area contributed by atoms with Gasteiger partial charge < -0.3 is 11.1 Å². The maximum absolute atomic E-state index is 11.9. The topological polar surface area (TPSA) is 113 Å². The van der Waals surface area contributed by atoms with Gasteiger partial charge in [0.25, 0.3) is 0 Å². The van der Waals surface area contributed by atoms with Crippen LogP contribution in [-0.4, -0.2) is 47.5 Å². The van der Waals surface area contributed by atoms with E-state index in [2.05, 4.69) is 16.0 Å². The third-order valence-corrected chi connectivity index (χ3v) is 4.00. The number of thioether (sulfide) groups is 1. The van der Waals surface area contributed by atoms with E-state index in [1.54, 1.807) is 18.7 Å². The van der Waals surface area contributed by atoms with Gasteiger partial charge in [0.2, 0.25) is 17.7 Å². The van der Waals surface area contributed by atoms with Crippen LogP contribution in [-0.2, 0) is 14.4 Å². The largest absolute Gasteiger partial charge is 0.345 e. The van der Waals surface area contributed by atoms with Crippen LogP contribution >= 0.6 is 11.8 Å². The van der Waals surface area contributed by atoms with Gasteiger partial charge in [-0.05, 0) is 19.3 Å². The van der Waals surface area contributed by atoms with Crippen molar-refractivity contribution in [2.75, 3.05) is 18.2 Å². The van der Waals surface area contributed by atoms with Crippen molar-refractivity contribution in [2.45, 2.75) is 38.8 Å². The molecule has 8 heteroatoms. The fraction of sp³-hybridized carbons (Fsp3) is 0.769. The SMILES string of the molecule is CC(C)C[C@](C)(N)C(=O)NCC(=O)NC(=O)C1CSCN1. The lowest BCUT2D eigenvalue weighted by Gasteiger charge is -2.25. The summed E-state index contributed by atoms with van der Waals surface area (Å²) in [4.78, 5) is 35.3. The van der Waals surface area contributed by atoms with Crippen molar-refractivity contribution in [1.29, 1.82) is 0 Å². The van der Waals surface area contributed by atoms with Crippen LogP contribution in [0.5, 0.6) is 0 Å². The molecule has 5 N–H and O–H groups in total. The third kappa shape index (κ3) is 6.03. The fourth-order valence-corrected chi connectivity index (χ4v) is 3.08. The van der Waals surface area contributed by atoms with E-state index in [0.29, 0.717) is 18.1 Å². The Morgan fingerprint density at radius 3 is 2.62 bits per heavy atom. The van der Waals surface area contributed by atoms with E-state index in [0.717, 1.165) is 0 Å². The standard InChI is InChI=1S/C13H24N4O3S/c1-8(2)4-13(3,14)12(20)15-5-10(18)17-11(19)9-6-21-7-16-9/h8-9,16H,4-7,14H2,1-3H3,(H,15,20)(H,17,18,19)/t9?,13-/m0/s1. The maximum atomic E-state index is 11.9. The van der Waals surface area contributed by atoms with Gasteiger partial charge in [0.1, 0.15) is 0 Å². The maximum Gasteiger partial charge on any atom is 0.245 e. The molecule has 0 bridgehead atoms. The van der Waals surface area contributed by atoms with Crippen molar-refractivity contribution >= 4 is 29.5 Å². The number of amides is 3. The highest BCUT2D eigenvalue weighted by Gasteiger charge is 2.30. The summed E-state index contributed by atoms with van der Waals surface area (Å²) >= 11 is 1.60. The first-order chi connectivity index (χ1) is 9.72. The molecule has 0 aliphatic carbocycles. The van der Waals surface area contributed by atoms with E-state index in [-0.39, 0.29) is 24.4 Å². The predicted octanol–water partition coefficient (Wildman–Crippen LogP) is -0.829. The Kier molecular flexibility index (Phi) is 6.63. The van der Waals surface area contributed by atoms with Gasteiger partial charge in [0.05, 0.1) is 18.1 Å². The molecule has 1 saturated heterocycles. The molecule has 0 aromatic heterocycles. The Bertz CT molecular complexity index is 406. The smallest absolute Gasteiger partial charge is 0.245 e. The van der Waals surface area contributed by atoms with Crippen LogP contribution in [0.2, 0.25) is 0 Å². The lowest BCUT2D eigenvalue weighted by Crippen LogP contribution is -2.55. The molecule has 1 unspecified atom stereocenters. The zero-order valence-electron chi connectivity index (χ0n) is 12.7. The highest BCUT2D eigenvalue weighted by atomic mass is 32.2. The molecule has 21 heavy (non-hydrogen) atoms. The normalized spacial score (nSPS) is 20.9. The molecule has 7 nitrogen and oxygen atoms in total. The summed E-state index contributed by atoms with van der Waals surface area (Å²) in [6.45, 7) is 5.31. The molecule has 1 rings (SSSR count). The molecule has 2 atom stereocenters. The van der Waals surface area contributed by atoms with Gasteiger partial charge in [-0.3, -0.25) is 25.0 Å². The van der Waals surface area contributed by atoms with Crippen LogP contribution in [0.15, 0.2) is 0 Å². The van der Waals surface area contributed by atoms with Crippen LogP contribution in [0.4, 0.5) is 0 Å². The van der Waals surface area contributed by atoms with Crippen molar-refractivity contribution in [3.05, 3.63) is 0 Å². The number of imide groups is 1. The quantitative estimate of drug-likeness (QED) is 0.509. The van der Waals surface area contributed by atoms with Crippen molar-refractivity contribution in [2.24, 2.45) is 11.7 Å². The lowest BCUT2D eigenvalue weighted by molar-refractivity contribution is -0.133. The first kappa shape index (κ1) is 17.9. The van der Waals surface area contributed by atoms with E-state index in [1.165, 1.54) is 0 Å². The fourth-order valence-electron chi connectivity index (χ4n) is 2.14. The Labute approximate surface area is 129 Å². The molecule has 3 amide bonds. The Balaban J connectivity index is 2.35. The second-order valence-electron chi connectivity index (χ2n) is 5.88. The van der Waals surface area contributed by atoms with Gasteiger partial charge in [-0.1, -0.05) is 13.8 Å². The molecule has 1 aliphatic heterocycles. The van der Waals surface area contributed by atoms with E-state index in [9.17, 15) is 14.4 Å². The van der Waals surface area contributed by atoms with Crippen molar-refractivity contribution in [1.82, 2.24) is 16.0 Å². The van der Waals surface area contributed by atoms with E-state index in [4.69, 9.17) is 5.73 Å². The van der Waals surface area contributed by atoms with Gasteiger partial charge in [-0.2, -0.15) is 0 Å². The number of hydrogen-bond donors (Lipinski definition) is 4. The molecule has 0 aromatic carbocycles. The minimum atomic E-state index is -1.03. The second-order valence-corrected chi connectivity index (χ2v) is 6.91. The summed E-state index contributed by atoms with van der Waals surface area (Å²) in [7, 11) is 0. The summed E-state index contributed by atoms with van der Waals surface area (Å²) in [6.07, 6.45) is 0.516. The number of hydrogen-bond acceptors (Lipinski definition) is 6. The molecular formula is C13H24N4O3S. The van der Waals surface area contributed by atoms with Crippen molar-refractivity contribution in [3.8, 4) is 0 Å². The van der Waals surface area contributed by atoms with Crippen molar-refractivity contribution < 1.29 is 14.4 Å². The summed E-state index contributed by atoms with van der Waals surface area (Å²) in [5.74, 6) is 0.314. The Morgan fingerprint density at radius 1 is 1.43 bits per heavy atom. The minimum absolute atomic E-state index is 0.255. The van der Waals surface area contributed by atoms with Crippen LogP contribution in [0.25, 0.3) is 0 Å². The number of carbonyl (C=O) groups is 3.